The van der Waals surface area contributed by atoms with E-state index in [9.17, 15) is 0 Å². The van der Waals surface area contributed by atoms with E-state index in [-0.39, 0.29) is 12.2 Å². The maximum absolute atomic E-state index is 5.80. The van der Waals surface area contributed by atoms with Crippen LogP contribution in [0.4, 0.5) is 5.82 Å². The van der Waals surface area contributed by atoms with Crippen LogP contribution in [0.5, 0.6) is 5.75 Å². The van der Waals surface area contributed by atoms with Gasteiger partial charge >= 0.3 is 0 Å². The summed E-state index contributed by atoms with van der Waals surface area (Å²) in [5.74, 6) is 2.24. The molecule has 3 rings (SSSR count). The Hall–Kier alpha value is -2.14. The fraction of sp³-hybridized carbons (Fsp3) is 0.412. The van der Waals surface area contributed by atoms with E-state index in [2.05, 4.69) is 23.7 Å². The molecule has 1 aromatic heterocycles. The first kappa shape index (κ1) is 14.8. The topological polar surface area (TPSA) is 47.5 Å². The SMILES string of the molecule is COc1cnc(-c2ccccc2)nc1N1C[C@@H](C)O[C@@H](C)C1. The smallest absolute Gasteiger partial charge is 0.179 e. The molecule has 0 aliphatic carbocycles. The summed E-state index contributed by atoms with van der Waals surface area (Å²) in [6.45, 7) is 5.75. The highest BCUT2D eigenvalue weighted by atomic mass is 16.5. The van der Waals surface area contributed by atoms with Gasteiger partial charge in [-0.1, -0.05) is 30.3 Å². The minimum absolute atomic E-state index is 0.170. The number of nitrogens with zero attached hydrogens (tertiary/aromatic N) is 3. The first-order chi connectivity index (χ1) is 10.7. The molecule has 5 heteroatoms. The van der Waals surface area contributed by atoms with Crippen molar-refractivity contribution in [1.82, 2.24) is 9.97 Å². The molecule has 1 aliphatic heterocycles. The highest BCUT2D eigenvalue weighted by Gasteiger charge is 2.26. The number of ether oxygens (including phenoxy) is 2. The average molecular weight is 299 g/mol. The van der Waals surface area contributed by atoms with Crippen LogP contribution in [0, 0.1) is 0 Å². The van der Waals surface area contributed by atoms with Crippen molar-refractivity contribution in [3.05, 3.63) is 36.5 Å². The van der Waals surface area contributed by atoms with Crippen LogP contribution in [-0.4, -0.2) is 42.4 Å². The number of anilines is 1. The number of benzene rings is 1. The molecule has 1 fully saturated rings. The standard InChI is InChI=1S/C17H21N3O2/c1-12-10-20(11-13(2)22-12)17-15(21-3)9-18-16(19-17)14-7-5-4-6-8-14/h4-9,12-13H,10-11H2,1-3H3/t12-,13+. The number of aromatic nitrogens is 2. The molecule has 0 bridgehead atoms. The average Bonchev–Trinajstić information content (AvgIpc) is 2.54. The van der Waals surface area contributed by atoms with Gasteiger partial charge in [0.25, 0.3) is 0 Å². The zero-order valence-electron chi connectivity index (χ0n) is 13.2. The third-order valence-electron chi connectivity index (χ3n) is 3.71. The van der Waals surface area contributed by atoms with Gasteiger partial charge in [-0.3, -0.25) is 0 Å². The molecule has 0 spiro atoms. The quantitative estimate of drug-likeness (QED) is 0.872. The largest absolute Gasteiger partial charge is 0.491 e. The number of morpholine rings is 1. The Kier molecular flexibility index (Phi) is 4.24. The van der Waals surface area contributed by atoms with E-state index in [0.29, 0.717) is 11.6 Å². The van der Waals surface area contributed by atoms with E-state index >= 15 is 0 Å². The minimum atomic E-state index is 0.170. The Bertz CT molecular complexity index is 623. The third kappa shape index (κ3) is 3.04. The van der Waals surface area contributed by atoms with Crippen LogP contribution < -0.4 is 9.64 Å². The van der Waals surface area contributed by atoms with E-state index in [1.165, 1.54) is 0 Å². The van der Waals surface area contributed by atoms with Crippen molar-refractivity contribution in [2.24, 2.45) is 0 Å². The molecule has 2 atom stereocenters. The Morgan fingerprint density at radius 2 is 1.82 bits per heavy atom. The fourth-order valence-corrected chi connectivity index (χ4v) is 2.81. The van der Waals surface area contributed by atoms with Gasteiger partial charge in [-0.25, -0.2) is 9.97 Å². The lowest BCUT2D eigenvalue weighted by molar-refractivity contribution is -0.00558. The van der Waals surface area contributed by atoms with Gasteiger partial charge in [0.1, 0.15) is 0 Å². The third-order valence-corrected chi connectivity index (χ3v) is 3.71. The second-order valence-electron chi connectivity index (χ2n) is 5.61. The number of methoxy groups -OCH3 is 1. The Balaban J connectivity index is 1.98. The molecule has 5 nitrogen and oxygen atoms in total. The number of hydrogen-bond acceptors (Lipinski definition) is 5. The summed E-state index contributed by atoms with van der Waals surface area (Å²) in [6, 6.07) is 9.98. The first-order valence-corrected chi connectivity index (χ1v) is 7.54. The van der Waals surface area contributed by atoms with Crippen molar-refractivity contribution in [1.29, 1.82) is 0 Å². The summed E-state index contributed by atoms with van der Waals surface area (Å²) >= 11 is 0. The maximum atomic E-state index is 5.80. The van der Waals surface area contributed by atoms with Crippen LogP contribution in [0.15, 0.2) is 36.5 Å². The van der Waals surface area contributed by atoms with Crippen LogP contribution >= 0.6 is 0 Å². The molecular formula is C17H21N3O2. The van der Waals surface area contributed by atoms with Crippen LogP contribution in [0.2, 0.25) is 0 Å². The molecule has 0 saturated carbocycles. The number of rotatable bonds is 3. The van der Waals surface area contributed by atoms with Crippen LogP contribution in [0.1, 0.15) is 13.8 Å². The molecule has 1 saturated heterocycles. The molecule has 0 radical (unpaired) electrons. The molecule has 2 heterocycles. The second kappa shape index (κ2) is 6.32. The fourth-order valence-electron chi connectivity index (χ4n) is 2.81. The van der Waals surface area contributed by atoms with Crippen LogP contribution in [-0.2, 0) is 4.74 Å². The highest BCUT2D eigenvalue weighted by Crippen LogP contribution is 2.30. The van der Waals surface area contributed by atoms with Crippen molar-refractivity contribution >= 4 is 5.82 Å². The van der Waals surface area contributed by atoms with E-state index in [1.807, 2.05) is 30.3 Å². The second-order valence-corrected chi connectivity index (χ2v) is 5.61. The molecule has 116 valence electrons. The van der Waals surface area contributed by atoms with Crippen molar-refractivity contribution in [3.63, 3.8) is 0 Å². The Labute approximate surface area is 130 Å². The van der Waals surface area contributed by atoms with Gasteiger partial charge in [-0.05, 0) is 13.8 Å². The lowest BCUT2D eigenvalue weighted by Gasteiger charge is -2.36. The van der Waals surface area contributed by atoms with Crippen molar-refractivity contribution in [2.45, 2.75) is 26.1 Å². The van der Waals surface area contributed by atoms with Crippen molar-refractivity contribution < 1.29 is 9.47 Å². The predicted molar refractivity (Wildman–Crippen MR) is 86.2 cm³/mol. The Morgan fingerprint density at radius 3 is 2.45 bits per heavy atom. The normalized spacial score (nSPS) is 21.7. The molecule has 1 aromatic carbocycles. The van der Waals surface area contributed by atoms with Gasteiger partial charge < -0.3 is 14.4 Å². The lowest BCUT2D eigenvalue weighted by Crippen LogP contribution is -2.46. The van der Waals surface area contributed by atoms with Crippen LogP contribution in [0.25, 0.3) is 11.4 Å². The summed E-state index contributed by atoms with van der Waals surface area (Å²) < 4.78 is 11.3. The molecule has 2 aromatic rings. The summed E-state index contributed by atoms with van der Waals surface area (Å²) in [4.78, 5) is 11.4. The zero-order valence-corrected chi connectivity index (χ0v) is 13.2. The molecule has 22 heavy (non-hydrogen) atoms. The van der Waals surface area contributed by atoms with Gasteiger partial charge in [0, 0.05) is 18.7 Å². The summed E-state index contributed by atoms with van der Waals surface area (Å²) in [6.07, 6.45) is 2.09. The molecule has 0 amide bonds. The zero-order chi connectivity index (χ0) is 15.5. The highest BCUT2D eigenvalue weighted by molar-refractivity contribution is 5.61. The van der Waals surface area contributed by atoms with Gasteiger partial charge in [-0.2, -0.15) is 0 Å². The summed E-state index contributed by atoms with van der Waals surface area (Å²) in [5, 5.41) is 0. The monoisotopic (exact) mass is 299 g/mol. The molecule has 1 aliphatic rings. The van der Waals surface area contributed by atoms with Gasteiger partial charge in [0.15, 0.2) is 17.4 Å². The van der Waals surface area contributed by atoms with E-state index in [0.717, 1.165) is 24.5 Å². The predicted octanol–water partition coefficient (Wildman–Crippen LogP) is 2.77. The van der Waals surface area contributed by atoms with E-state index in [4.69, 9.17) is 14.5 Å². The number of hydrogen-bond donors (Lipinski definition) is 0. The van der Waals surface area contributed by atoms with Crippen molar-refractivity contribution in [2.75, 3.05) is 25.1 Å². The lowest BCUT2D eigenvalue weighted by atomic mass is 10.2. The van der Waals surface area contributed by atoms with Crippen molar-refractivity contribution in [3.8, 4) is 17.1 Å². The van der Waals surface area contributed by atoms with Gasteiger partial charge in [0.2, 0.25) is 0 Å². The summed E-state index contributed by atoms with van der Waals surface area (Å²) in [5.41, 5.74) is 1.00. The van der Waals surface area contributed by atoms with E-state index in [1.54, 1.807) is 13.3 Å². The van der Waals surface area contributed by atoms with Gasteiger partial charge in [-0.15, -0.1) is 0 Å². The Morgan fingerprint density at radius 1 is 1.14 bits per heavy atom. The van der Waals surface area contributed by atoms with Crippen LogP contribution in [0.3, 0.4) is 0 Å². The van der Waals surface area contributed by atoms with E-state index < -0.39 is 0 Å². The first-order valence-electron chi connectivity index (χ1n) is 7.54. The molecule has 0 unspecified atom stereocenters. The van der Waals surface area contributed by atoms with Gasteiger partial charge in [0.05, 0.1) is 25.5 Å². The molecule has 0 N–H and O–H groups in total. The minimum Gasteiger partial charge on any atom is -0.491 e. The summed E-state index contributed by atoms with van der Waals surface area (Å²) in [7, 11) is 1.65. The maximum Gasteiger partial charge on any atom is 0.179 e. The molecular weight excluding hydrogens is 278 g/mol.